The van der Waals surface area contributed by atoms with Gasteiger partial charge in [-0.15, -0.1) is 0 Å². The lowest BCUT2D eigenvalue weighted by atomic mass is 9.86. The molecule has 0 aliphatic carbocycles. The van der Waals surface area contributed by atoms with Gasteiger partial charge in [0, 0.05) is 0 Å². The van der Waals surface area contributed by atoms with Gasteiger partial charge in [-0.1, -0.05) is 66.7 Å². The summed E-state index contributed by atoms with van der Waals surface area (Å²) in [5.41, 5.74) is 2.52. The van der Waals surface area contributed by atoms with Gasteiger partial charge in [0.05, 0.1) is 12.5 Å². The van der Waals surface area contributed by atoms with E-state index in [9.17, 15) is 4.79 Å². The largest absolute Gasteiger partial charge is 0.468 e. The molecule has 0 radical (unpaired) electrons. The highest BCUT2D eigenvalue weighted by molar-refractivity contribution is 5.86. The van der Waals surface area contributed by atoms with Gasteiger partial charge in [-0.25, -0.2) is 0 Å². The molecular formula is C19H20O2. The Hall–Kier alpha value is -2.35. The van der Waals surface area contributed by atoms with Crippen molar-refractivity contribution in [3.8, 4) is 0 Å². The lowest BCUT2D eigenvalue weighted by Crippen LogP contribution is -2.23. The van der Waals surface area contributed by atoms with Crippen LogP contribution in [0.4, 0.5) is 0 Å². The molecule has 0 heterocycles. The summed E-state index contributed by atoms with van der Waals surface area (Å²) in [5.74, 6) is -0.244. The van der Waals surface area contributed by atoms with E-state index in [1.54, 1.807) is 0 Å². The first-order valence-corrected chi connectivity index (χ1v) is 6.97. The smallest absolute Gasteiger partial charge is 0.315 e. The molecule has 0 aromatic heterocycles. The van der Waals surface area contributed by atoms with Gasteiger partial charge in [0.1, 0.15) is 0 Å². The molecule has 0 aliphatic heterocycles. The molecule has 0 unspecified atom stereocenters. The van der Waals surface area contributed by atoms with Crippen molar-refractivity contribution in [3.05, 3.63) is 77.9 Å². The molecule has 21 heavy (non-hydrogen) atoms. The maximum absolute atomic E-state index is 12.0. The lowest BCUT2D eigenvalue weighted by molar-refractivity contribution is -0.148. The Bertz CT molecular complexity index is 584. The van der Waals surface area contributed by atoms with Crippen LogP contribution in [0.25, 0.3) is 5.57 Å². The third kappa shape index (κ3) is 3.60. The quantitative estimate of drug-likeness (QED) is 0.780. The molecule has 2 aromatic carbocycles. The average Bonchev–Trinajstić information content (AvgIpc) is 2.53. The highest BCUT2D eigenvalue weighted by Crippen LogP contribution is 2.30. The Labute approximate surface area is 126 Å². The topological polar surface area (TPSA) is 26.3 Å². The van der Waals surface area contributed by atoms with E-state index in [0.717, 1.165) is 16.7 Å². The molecule has 0 amide bonds. The van der Waals surface area contributed by atoms with Crippen molar-refractivity contribution in [1.82, 2.24) is 0 Å². The summed E-state index contributed by atoms with van der Waals surface area (Å²) in [6.45, 7) is 3.73. The SMILES string of the molecule is COC(=O)C(C)(C)C=C(c1ccccc1)c1ccccc1. The van der Waals surface area contributed by atoms with Crippen LogP contribution in [0.2, 0.25) is 0 Å². The maximum atomic E-state index is 12.0. The third-order valence-corrected chi connectivity index (χ3v) is 3.39. The number of ether oxygens (including phenoxy) is 1. The van der Waals surface area contributed by atoms with Crippen molar-refractivity contribution >= 4 is 11.5 Å². The van der Waals surface area contributed by atoms with Crippen molar-refractivity contribution in [2.45, 2.75) is 13.8 Å². The second-order valence-electron chi connectivity index (χ2n) is 5.50. The van der Waals surface area contributed by atoms with E-state index in [0.29, 0.717) is 0 Å². The molecule has 0 spiro atoms. The fourth-order valence-corrected chi connectivity index (χ4v) is 2.25. The van der Waals surface area contributed by atoms with Crippen molar-refractivity contribution in [1.29, 1.82) is 0 Å². The molecule has 2 nitrogen and oxygen atoms in total. The van der Waals surface area contributed by atoms with Crippen LogP contribution in [-0.2, 0) is 9.53 Å². The number of rotatable bonds is 4. The van der Waals surface area contributed by atoms with Gasteiger partial charge in [0.15, 0.2) is 0 Å². The first kappa shape index (κ1) is 15.0. The molecule has 0 fully saturated rings. The zero-order chi connectivity index (χ0) is 15.3. The minimum absolute atomic E-state index is 0.244. The van der Waals surface area contributed by atoms with E-state index in [2.05, 4.69) is 0 Å². The second-order valence-corrected chi connectivity index (χ2v) is 5.50. The van der Waals surface area contributed by atoms with Crippen molar-refractivity contribution in [2.24, 2.45) is 5.41 Å². The zero-order valence-electron chi connectivity index (χ0n) is 12.7. The molecule has 0 saturated carbocycles. The van der Waals surface area contributed by atoms with Gasteiger partial charge in [0.2, 0.25) is 0 Å². The van der Waals surface area contributed by atoms with Crippen LogP contribution in [0.15, 0.2) is 66.7 Å². The van der Waals surface area contributed by atoms with Crippen molar-refractivity contribution < 1.29 is 9.53 Å². The standard InChI is InChI=1S/C19H20O2/c1-19(2,18(20)21-3)14-17(15-10-6-4-7-11-15)16-12-8-5-9-13-16/h4-14H,1-3H3. The first-order chi connectivity index (χ1) is 10.0. The van der Waals surface area contributed by atoms with E-state index in [-0.39, 0.29) is 5.97 Å². The van der Waals surface area contributed by atoms with Gasteiger partial charge in [-0.05, 0) is 30.5 Å². The molecule has 0 saturated heterocycles. The number of benzene rings is 2. The summed E-state index contributed by atoms with van der Waals surface area (Å²) in [5, 5.41) is 0. The lowest BCUT2D eigenvalue weighted by Gasteiger charge is -2.20. The maximum Gasteiger partial charge on any atom is 0.315 e. The van der Waals surface area contributed by atoms with E-state index in [4.69, 9.17) is 4.74 Å². The van der Waals surface area contributed by atoms with Crippen LogP contribution in [0.3, 0.4) is 0 Å². The Kier molecular flexibility index (Phi) is 4.59. The number of carbonyl (C=O) groups is 1. The molecule has 2 rings (SSSR count). The van der Waals surface area contributed by atoms with E-state index in [1.807, 2.05) is 80.6 Å². The van der Waals surface area contributed by atoms with Crippen LogP contribution < -0.4 is 0 Å². The van der Waals surface area contributed by atoms with Gasteiger partial charge < -0.3 is 4.74 Å². The minimum Gasteiger partial charge on any atom is -0.468 e. The minimum atomic E-state index is -0.685. The van der Waals surface area contributed by atoms with E-state index < -0.39 is 5.41 Å². The third-order valence-electron chi connectivity index (χ3n) is 3.39. The van der Waals surface area contributed by atoms with Gasteiger partial charge >= 0.3 is 5.97 Å². The molecule has 0 bridgehead atoms. The monoisotopic (exact) mass is 280 g/mol. The Morgan fingerprint density at radius 2 is 1.33 bits per heavy atom. The molecule has 2 heteroatoms. The second kappa shape index (κ2) is 6.40. The van der Waals surface area contributed by atoms with Gasteiger partial charge in [-0.2, -0.15) is 0 Å². The van der Waals surface area contributed by atoms with Crippen molar-refractivity contribution in [3.63, 3.8) is 0 Å². The fourth-order valence-electron chi connectivity index (χ4n) is 2.25. The predicted molar refractivity (Wildman–Crippen MR) is 85.8 cm³/mol. The van der Waals surface area contributed by atoms with Crippen LogP contribution in [0.1, 0.15) is 25.0 Å². The number of carbonyl (C=O) groups excluding carboxylic acids is 1. The van der Waals surface area contributed by atoms with E-state index in [1.165, 1.54) is 7.11 Å². The van der Waals surface area contributed by atoms with Crippen LogP contribution >= 0.6 is 0 Å². The number of esters is 1. The van der Waals surface area contributed by atoms with Gasteiger partial charge in [-0.3, -0.25) is 4.79 Å². The van der Waals surface area contributed by atoms with E-state index >= 15 is 0 Å². The summed E-state index contributed by atoms with van der Waals surface area (Å²) in [4.78, 5) is 12.0. The Morgan fingerprint density at radius 1 is 0.905 bits per heavy atom. The van der Waals surface area contributed by atoms with Crippen LogP contribution in [-0.4, -0.2) is 13.1 Å². The number of hydrogen-bond acceptors (Lipinski definition) is 2. The summed E-state index contributed by atoms with van der Waals surface area (Å²) < 4.78 is 4.90. The number of hydrogen-bond donors (Lipinski definition) is 0. The normalized spacial score (nSPS) is 10.8. The molecule has 0 atom stereocenters. The molecule has 108 valence electrons. The Balaban J connectivity index is 2.55. The summed E-state index contributed by atoms with van der Waals surface area (Å²) in [6.07, 6.45) is 1.98. The van der Waals surface area contributed by atoms with Crippen molar-refractivity contribution in [2.75, 3.05) is 7.11 Å². The van der Waals surface area contributed by atoms with Crippen LogP contribution in [0.5, 0.6) is 0 Å². The summed E-state index contributed by atoms with van der Waals surface area (Å²) in [6, 6.07) is 20.1. The summed E-state index contributed by atoms with van der Waals surface area (Å²) >= 11 is 0. The van der Waals surface area contributed by atoms with Gasteiger partial charge in [0.25, 0.3) is 0 Å². The first-order valence-electron chi connectivity index (χ1n) is 6.97. The highest BCUT2D eigenvalue weighted by Gasteiger charge is 2.27. The van der Waals surface area contributed by atoms with Crippen LogP contribution in [0, 0.1) is 5.41 Å². The molecule has 0 N–H and O–H groups in total. The zero-order valence-corrected chi connectivity index (χ0v) is 12.7. The highest BCUT2D eigenvalue weighted by atomic mass is 16.5. The predicted octanol–water partition coefficient (Wildman–Crippen LogP) is 4.32. The number of methoxy groups -OCH3 is 1. The molecular weight excluding hydrogens is 260 g/mol. The fraction of sp³-hybridized carbons (Fsp3) is 0.211. The molecule has 0 aliphatic rings. The summed E-state index contributed by atoms with van der Waals surface area (Å²) in [7, 11) is 1.42. The Morgan fingerprint density at radius 3 is 1.71 bits per heavy atom. The molecule has 2 aromatic rings. The average molecular weight is 280 g/mol.